The topological polar surface area (TPSA) is 637 Å². The Morgan fingerprint density at radius 3 is 0.929 bits per heavy atom. The van der Waals surface area contributed by atoms with Gasteiger partial charge in [-0.15, -0.1) is 0 Å². The summed E-state index contributed by atoms with van der Waals surface area (Å²) >= 11 is 0. The van der Waals surface area contributed by atoms with E-state index in [1.54, 1.807) is 15.0 Å². The van der Waals surface area contributed by atoms with Crippen LogP contribution in [-0.4, -0.2) is 464 Å². The van der Waals surface area contributed by atoms with E-state index >= 15 is 0 Å². The molecule has 9 rings (SSSR count). The third-order valence-electron chi connectivity index (χ3n) is 25.2. The van der Waals surface area contributed by atoms with E-state index in [4.69, 9.17) is 61.9 Å². The maximum atomic E-state index is 14.1. The summed E-state index contributed by atoms with van der Waals surface area (Å²) in [5, 5.41) is 142. The maximum Gasteiger partial charge on any atom is 0.404 e. The fourth-order valence-corrected chi connectivity index (χ4v) is 17.1. The second kappa shape index (κ2) is 62.5. The molecule has 0 bridgehead atoms. The zero-order valence-electron chi connectivity index (χ0n) is 78.7. The van der Waals surface area contributed by atoms with Crippen LogP contribution in [0.4, 0.5) is 39.5 Å². The lowest BCUT2D eigenvalue weighted by molar-refractivity contribution is -0.188. The molecule has 140 heavy (non-hydrogen) atoms. The molecule has 58 heteroatoms. The Labute approximate surface area is 805 Å². The van der Waals surface area contributed by atoms with Gasteiger partial charge in [0.2, 0.25) is 23.6 Å². The molecule has 12 unspecified atom stereocenters. The van der Waals surface area contributed by atoms with Crippen LogP contribution < -0.4 is 102 Å². The lowest BCUT2D eigenvalue weighted by atomic mass is 9.82. The number of carboxylic acids is 1. The zero-order valence-corrected chi connectivity index (χ0v) is 78.7. The molecule has 9 aliphatic rings. The second-order valence-corrected chi connectivity index (χ2v) is 36.2. The first-order chi connectivity index (χ1) is 67.0. The molecule has 0 aliphatic carbocycles. The molecule has 0 spiro atoms. The Hall–Kier alpha value is -4.84. The molecule has 4 amide bonds. The minimum absolute atomic E-state index is 0.00895. The van der Waals surface area contributed by atoms with E-state index in [-0.39, 0.29) is 214 Å². The van der Waals surface area contributed by atoms with E-state index in [1.165, 1.54) is 0 Å². The van der Waals surface area contributed by atoms with Gasteiger partial charge in [0.15, 0.2) is 19.1 Å². The van der Waals surface area contributed by atoms with Gasteiger partial charge in [0.25, 0.3) is 0 Å². The molecule has 0 aromatic rings. The lowest BCUT2D eigenvalue weighted by Crippen LogP contribution is -2.70. The van der Waals surface area contributed by atoms with Crippen LogP contribution in [0.2, 0.25) is 0 Å². The van der Waals surface area contributed by atoms with Crippen molar-refractivity contribution in [2.75, 3.05) is 198 Å². The van der Waals surface area contributed by atoms with Crippen LogP contribution in [-0.2, 0) is 80.8 Å². The number of hydrogen-bond acceptors (Lipinski definition) is 44. The van der Waals surface area contributed by atoms with Crippen LogP contribution in [0.1, 0.15) is 122 Å². The van der Waals surface area contributed by atoms with Gasteiger partial charge >= 0.3 is 24.5 Å². The predicted molar refractivity (Wildman–Crippen MR) is 471 cm³/mol. The van der Waals surface area contributed by atoms with E-state index in [2.05, 4.69) is 102 Å². The van der Waals surface area contributed by atoms with Crippen molar-refractivity contribution in [3.05, 3.63) is 0 Å². The summed E-state index contributed by atoms with van der Waals surface area (Å²) in [7, 11) is 0. The zero-order chi connectivity index (χ0) is 101. The van der Waals surface area contributed by atoms with Crippen LogP contribution in [0.25, 0.3) is 0 Å². The predicted octanol–water partition coefficient (Wildman–Crippen LogP) is -8.67. The minimum atomic E-state index is -4.64. The molecule has 0 saturated carbocycles. The third kappa shape index (κ3) is 43.2. The highest BCUT2D eigenvalue weighted by atomic mass is 19.4. The summed E-state index contributed by atoms with van der Waals surface area (Å²) in [6.07, 6.45) is -28.1. The number of carbonyl (C=O) groups is 5. The van der Waals surface area contributed by atoms with Gasteiger partial charge in [0, 0.05) is 116 Å². The number of alkyl halides is 9. The fourth-order valence-electron chi connectivity index (χ4n) is 17.1. The van der Waals surface area contributed by atoms with E-state index in [0.29, 0.717) is 58.5 Å². The first-order valence-corrected chi connectivity index (χ1v) is 48.3. The number of hydrogen-bond donors (Lipinski definition) is 29. The van der Waals surface area contributed by atoms with Crippen LogP contribution in [0.15, 0.2) is 0 Å². The van der Waals surface area contributed by atoms with Crippen LogP contribution >= 0.6 is 0 Å². The molecule has 9 heterocycles. The number of nitrogens with one attached hydrogen (secondary N) is 19. The quantitative estimate of drug-likeness (QED) is 0.0199. The molecule has 0 aromatic carbocycles. The van der Waals surface area contributed by atoms with Crippen LogP contribution in [0.3, 0.4) is 0 Å². The fraction of sp³-hybridized carbons (Fsp3) is 0.939. The average Bonchev–Trinajstić information content (AvgIpc) is 0.842. The number of aliphatic hydroxyl groups is 9. The maximum absolute atomic E-state index is 14.1. The molecule has 24 atom stereocenters. The van der Waals surface area contributed by atoms with Gasteiger partial charge in [0.05, 0.1) is 193 Å². The smallest absolute Gasteiger partial charge is 0.404 e. The first kappa shape index (κ1) is 119. The number of halogens is 9. The van der Waals surface area contributed by atoms with Gasteiger partial charge in [-0.1, -0.05) is 38.5 Å². The molecule has 814 valence electrons. The molecule has 9 aliphatic heterocycles. The van der Waals surface area contributed by atoms with Crippen molar-refractivity contribution in [3.8, 4) is 0 Å². The molecule has 49 nitrogen and oxygen atoms in total. The molecular weight excluding hydrogens is 1900 g/mol. The van der Waals surface area contributed by atoms with Gasteiger partial charge in [0.1, 0.15) is 73.1 Å². The summed E-state index contributed by atoms with van der Waals surface area (Å²) in [5.74, 6) is -2.43. The molecule has 29 N–H and O–H groups in total. The minimum Gasteiger partial charge on any atom is -0.481 e. The number of amides is 4. The van der Waals surface area contributed by atoms with E-state index in [9.17, 15) is 109 Å². The monoisotopic (exact) mass is 2050 g/mol. The summed E-state index contributed by atoms with van der Waals surface area (Å²) in [4.78, 5) is 66.4. The normalized spacial score (nSPS) is 31.3. The number of rotatable bonds is 66. The Morgan fingerprint density at radius 1 is 0.357 bits per heavy atom. The summed E-state index contributed by atoms with van der Waals surface area (Å²) < 4.78 is 195. The lowest BCUT2D eigenvalue weighted by Gasteiger charge is -2.43. The van der Waals surface area contributed by atoms with Crippen molar-refractivity contribution in [1.29, 1.82) is 0 Å². The van der Waals surface area contributed by atoms with Crippen molar-refractivity contribution in [1.82, 2.24) is 117 Å². The number of aliphatic hydroxyl groups excluding tert-OH is 9. The molecule has 0 radical (unpaired) electrons. The van der Waals surface area contributed by atoms with Crippen molar-refractivity contribution in [2.24, 2.45) is 0 Å². The van der Waals surface area contributed by atoms with E-state index in [0.717, 1.165) is 32.1 Å². The van der Waals surface area contributed by atoms with Gasteiger partial charge < -0.3 is 129 Å². The molecule has 0 aromatic heterocycles. The van der Waals surface area contributed by atoms with E-state index in [1.807, 2.05) is 0 Å². The van der Waals surface area contributed by atoms with Gasteiger partial charge in [-0.25, -0.2) is 31.3 Å². The number of nitrogens with zero attached hydrogens (tertiary/aromatic N) is 3. The van der Waals surface area contributed by atoms with Crippen LogP contribution in [0, 0.1) is 0 Å². The standard InChI is InChI=1S/C82H151F9N22O27/c83-80(84,85)59-35-62(95-53-47-135-56(41-114)73(126)70(53)123)101-76(98-59)138-44-50-38-111(108-105-50)20-26-132-32-29-129-23-17-92-65(117)11-14-79(104-68(120)9-7-5-3-1-2-4-6-8-10-69(121)122,15-12-66(118)93-18-24-130-30-33-133-27-21-112-39-51(106-109-112)45-139-77-99-60(81(86,87)88)36-63(102-77)96-54-48-136-57(42-115)74(127)71(54)124)16-13-67(119)94-19-25-131-31-34-134-28-22-113-40-52(107-110-113)46-140-78-100-61(82(89,90)91)37-64(103-78)97-55-49-137-58(43-116)75(128)72(55)125/h50-64,70-78,95-103,105-110,114-116,123-128H,1-49H2,(H,92,117)(H,93,118)(H,94,119)(H,104,120)(H,121,122)/t50?,51?,52?,53-,54-,55-,56+,57+,58+,59?,60?,61?,62?,63?,64?,70+,71+,72+,73-,74-,75-,76?,77?,78?,79?/m0/s1. The number of unbranched alkanes of at least 4 members (excludes halogenated alkanes) is 7. The van der Waals surface area contributed by atoms with Gasteiger partial charge in [-0.2, -0.15) is 56.1 Å². The third-order valence-corrected chi connectivity index (χ3v) is 25.2. The van der Waals surface area contributed by atoms with Crippen molar-refractivity contribution in [3.63, 3.8) is 0 Å². The largest absolute Gasteiger partial charge is 0.481 e. The molecule has 9 fully saturated rings. The van der Waals surface area contributed by atoms with Crippen molar-refractivity contribution in [2.45, 2.75) is 293 Å². The highest BCUT2D eigenvalue weighted by Crippen LogP contribution is 2.32. The summed E-state index contributed by atoms with van der Waals surface area (Å²) in [5.41, 5.74) is 16.7. The van der Waals surface area contributed by atoms with Crippen molar-refractivity contribution >= 4 is 29.6 Å². The Bertz CT molecular complexity index is 3200. The average molecular weight is 2050 g/mol. The summed E-state index contributed by atoms with van der Waals surface area (Å²) in [6.45, 7) is 2.16. The van der Waals surface area contributed by atoms with Gasteiger partial charge in [-0.3, -0.25) is 71.8 Å². The molecule has 9 saturated heterocycles. The molecular formula is C82H151F9N22O27. The van der Waals surface area contributed by atoms with E-state index < -0.39 is 216 Å². The number of hydrazine groups is 6. The van der Waals surface area contributed by atoms with Gasteiger partial charge in [-0.05, 0) is 32.1 Å². The number of ether oxygens (including phenoxy) is 12. The Morgan fingerprint density at radius 2 is 0.643 bits per heavy atom. The number of aliphatic carboxylic acids is 1. The highest BCUT2D eigenvalue weighted by molar-refractivity contribution is 5.80. The number of carbonyl (C=O) groups excluding carboxylic acids is 4. The van der Waals surface area contributed by atoms with Crippen molar-refractivity contribution < 1.29 is 171 Å². The Balaban J connectivity index is 0.694. The van der Waals surface area contributed by atoms with Crippen LogP contribution in [0.5, 0.6) is 0 Å². The Kier molecular flexibility index (Phi) is 53.0. The number of carboxylic acid groups (broad SMARTS) is 1. The first-order valence-electron chi connectivity index (χ1n) is 48.3. The second-order valence-electron chi connectivity index (χ2n) is 36.2. The summed E-state index contributed by atoms with van der Waals surface area (Å²) in [6, 6.07) is -9.88. The highest BCUT2D eigenvalue weighted by Gasteiger charge is 2.52. The SMILES string of the molecule is O=C(O)CCCCCCCCCCC(=O)NC(CCC(=O)NCCOCCOCCN1CC(COC2NC(N[C@H]3CO[C@H](CO)[C@H](O)[C@@H]3O)CC(C(F)(F)F)N2)NN1)(CCC(=O)NCCOCCOCCN1CC(COC2NC(N[C@H]3CO[C@H](CO)[C@H](O)[C@@H]3O)CC(C(F)(F)F)N2)NN1)CCC(=O)NCCOCCOCCN1CC(COC2NC(N[C@H]3CO[C@H](CO)[C@H](O)[C@@H]3O)CC(C(F)(F)F)N2)NN1.